The number of fused-ring (bicyclic) bond motifs is 1. The molecule has 0 atom stereocenters. The summed E-state index contributed by atoms with van der Waals surface area (Å²) in [5.41, 5.74) is 2.71. The molecular weight excluding hydrogens is 364 g/mol. The van der Waals surface area contributed by atoms with Gasteiger partial charge in [-0.1, -0.05) is 83.6 Å². The van der Waals surface area contributed by atoms with Crippen LogP contribution in [0.3, 0.4) is 0 Å². The fourth-order valence-electron chi connectivity index (χ4n) is 2.92. The molecule has 0 saturated carbocycles. The fraction of sp³-hybridized carbons (Fsp3) is 0.0476. The van der Waals surface area contributed by atoms with Gasteiger partial charge in [-0.15, -0.1) is 0 Å². The highest BCUT2D eigenvalue weighted by molar-refractivity contribution is 7.22. The number of anilines is 1. The van der Waals surface area contributed by atoms with Crippen LogP contribution in [0.15, 0.2) is 78.9 Å². The summed E-state index contributed by atoms with van der Waals surface area (Å²) in [5.74, 6) is -0.499. The summed E-state index contributed by atoms with van der Waals surface area (Å²) < 4.78 is 0.948. The molecule has 0 spiro atoms. The molecule has 1 amide bonds. The summed E-state index contributed by atoms with van der Waals surface area (Å²) in [4.78, 5) is 17.6. The largest absolute Gasteiger partial charge is 0.301 e. The first-order valence-electron chi connectivity index (χ1n) is 8.17. The SMILES string of the molecule is O=C(Nc1nc2ccc(Cl)cc2s1)C(c1ccccc1)c1ccccc1. The molecule has 1 aromatic heterocycles. The maximum atomic E-state index is 13.1. The van der Waals surface area contributed by atoms with Gasteiger partial charge < -0.3 is 5.32 Å². The van der Waals surface area contributed by atoms with Gasteiger partial charge in [0.05, 0.1) is 16.1 Å². The lowest BCUT2D eigenvalue weighted by atomic mass is 9.90. The van der Waals surface area contributed by atoms with Crippen LogP contribution in [0.1, 0.15) is 17.0 Å². The van der Waals surface area contributed by atoms with Gasteiger partial charge in [0, 0.05) is 5.02 Å². The van der Waals surface area contributed by atoms with Crippen molar-refractivity contribution in [3.05, 3.63) is 95.0 Å². The Labute approximate surface area is 160 Å². The van der Waals surface area contributed by atoms with Crippen LogP contribution in [0, 0.1) is 0 Å². The summed E-state index contributed by atoms with van der Waals surface area (Å²) in [6.07, 6.45) is 0. The maximum absolute atomic E-state index is 13.1. The molecule has 3 aromatic carbocycles. The zero-order chi connectivity index (χ0) is 17.9. The number of aromatic nitrogens is 1. The number of nitrogens with one attached hydrogen (secondary N) is 1. The number of hydrogen-bond donors (Lipinski definition) is 1. The van der Waals surface area contributed by atoms with Gasteiger partial charge in [-0.2, -0.15) is 0 Å². The number of hydrogen-bond acceptors (Lipinski definition) is 3. The minimum atomic E-state index is -0.395. The standard InChI is InChI=1S/C21H15ClN2OS/c22-16-11-12-17-18(13-16)26-21(23-17)24-20(25)19(14-7-3-1-4-8-14)15-9-5-2-6-10-15/h1-13,19H,(H,23,24,25). The zero-order valence-corrected chi connectivity index (χ0v) is 15.3. The molecular formula is C21H15ClN2OS. The van der Waals surface area contributed by atoms with E-state index in [9.17, 15) is 4.79 Å². The number of carbonyl (C=O) groups excluding carboxylic acids is 1. The topological polar surface area (TPSA) is 42.0 Å². The van der Waals surface area contributed by atoms with Crippen molar-refractivity contribution in [2.24, 2.45) is 0 Å². The van der Waals surface area contributed by atoms with E-state index in [0.29, 0.717) is 10.2 Å². The molecule has 0 radical (unpaired) electrons. The second kappa shape index (κ2) is 7.28. The minimum absolute atomic E-state index is 0.104. The smallest absolute Gasteiger partial charge is 0.238 e. The van der Waals surface area contributed by atoms with E-state index in [4.69, 9.17) is 11.6 Å². The molecule has 0 unspecified atom stereocenters. The quantitative estimate of drug-likeness (QED) is 0.493. The maximum Gasteiger partial charge on any atom is 0.238 e. The summed E-state index contributed by atoms with van der Waals surface area (Å²) in [5, 5.41) is 4.20. The average Bonchev–Trinajstić information content (AvgIpc) is 3.05. The fourth-order valence-corrected chi connectivity index (χ4v) is 4.06. The van der Waals surface area contributed by atoms with E-state index in [1.54, 1.807) is 6.07 Å². The third-order valence-corrected chi connectivity index (χ3v) is 5.28. The molecule has 3 nitrogen and oxygen atoms in total. The lowest BCUT2D eigenvalue weighted by Gasteiger charge is -2.16. The molecule has 128 valence electrons. The van der Waals surface area contributed by atoms with Crippen molar-refractivity contribution in [3.8, 4) is 0 Å². The molecule has 5 heteroatoms. The van der Waals surface area contributed by atoms with E-state index < -0.39 is 5.92 Å². The van der Waals surface area contributed by atoms with Crippen molar-refractivity contribution in [1.29, 1.82) is 0 Å². The van der Waals surface area contributed by atoms with Crippen LogP contribution in [-0.4, -0.2) is 10.9 Å². The Hall–Kier alpha value is -2.69. The average molecular weight is 379 g/mol. The molecule has 26 heavy (non-hydrogen) atoms. The van der Waals surface area contributed by atoms with Crippen molar-refractivity contribution < 1.29 is 4.79 Å². The second-order valence-corrected chi connectivity index (χ2v) is 7.34. The number of halogens is 1. The van der Waals surface area contributed by atoms with E-state index in [2.05, 4.69) is 10.3 Å². The van der Waals surface area contributed by atoms with E-state index >= 15 is 0 Å². The van der Waals surface area contributed by atoms with Gasteiger partial charge >= 0.3 is 0 Å². The summed E-state index contributed by atoms with van der Waals surface area (Å²) >= 11 is 7.46. The number of thiazole rings is 1. The van der Waals surface area contributed by atoms with Gasteiger partial charge in [0.1, 0.15) is 0 Å². The van der Waals surface area contributed by atoms with Gasteiger partial charge in [0.25, 0.3) is 0 Å². The highest BCUT2D eigenvalue weighted by Crippen LogP contribution is 2.31. The number of nitrogens with zero attached hydrogens (tertiary/aromatic N) is 1. The van der Waals surface area contributed by atoms with E-state index in [1.165, 1.54) is 11.3 Å². The number of amides is 1. The molecule has 1 heterocycles. The second-order valence-electron chi connectivity index (χ2n) is 5.87. The molecule has 0 bridgehead atoms. The van der Waals surface area contributed by atoms with Crippen LogP contribution in [0.2, 0.25) is 5.02 Å². The monoisotopic (exact) mass is 378 g/mol. The Morgan fingerprint density at radius 1 is 0.923 bits per heavy atom. The number of benzene rings is 3. The molecule has 0 aliphatic carbocycles. The van der Waals surface area contributed by atoms with Crippen LogP contribution in [0.4, 0.5) is 5.13 Å². The third kappa shape index (κ3) is 3.47. The van der Waals surface area contributed by atoms with Gasteiger partial charge in [-0.25, -0.2) is 4.98 Å². The van der Waals surface area contributed by atoms with E-state index in [-0.39, 0.29) is 5.91 Å². The van der Waals surface area contributed by atoms with Crippen LogP contribution in [-0.2, 0) is 4.79 Å². The summed E-state index contributed by atoms with van der Waals surface area (Å²) in [7, 11) is 0. The lowest BCUT2D eigenvalue weighted by molar-refractivity contribution is -0.116. The molecule has 1 N–H and O–H groups in total. The Morgan fingerprint density at radius 3 is 2.15 bits per heavy atom. The molecule has 0 saturated heterocycles. The highest BCUT2D eigenvalue weighted by Gasteiger charge is 2.23. The highest BCUT2D eigenvalue weighted by atomic mass is 35.5. The summed E-state index contributed by atoms with van der Waals surface area (Å²) in [6.45, 7) is 0. The zero-order valence-electron chi connectivity index (χ0n) is 13.7. The molecule has 4 aromatic rings. The van der Waals surface area contributed by atoms with Crippen molar-refractivity contribution in [3.63, 3.8) is 0 Å². The van der Waals surface area contributed by atoms with E-state index in [1.807, 2.05) is 72.8 Å². The molecule has 0 aliphatic heterocycles. The van der Waals surface area contributed by atoms with Gasteiger partial charge in [0.2, 0.25) is 5.91 Å². The predicted molar refractivity (Wildman–Crippen MR) is 108 cm³/mol. The van der Waals surface area contributed by atoms with Crippen molar-refractivity contribution in [2.75, 3.05) is 5.32 Å². The van der Waals surface area contributed by atoms with Crippen molar-refractivity contribution >= 4 is 44.2 Å². The first-order valence-corrected chi connectivity index (χ1v) is 9.37. The van der Waals surface area contributed by atoms with Crippen LogP contribution < -0.4 is 5.32 Å². The Balaban J connectivity index is 1.68. The molecule has 0 aliphatic rings. The Morgan fingerprint density at radius 2 is 1.54 bits per heavy atom. The van der Waals surface area contributed by atoms with Gasteiger partial charge in [-0.3, -0.25) is 4.79 Å². The molecule has 0 fully saturated rings. The third-order valence-electron chi connectivity index (χ3n) is 4.11. The lowest BCUT2D eigenvalue weighted by Crippen LogP contribution is -2.22. The van der Waals surface area contributed by atoms with Crippen molar-refractivity contribution in [1.82, 2.24) is 4.98 Å². The normalized spacial score (nSPS) is 11.0. The van der Waals surface area contributed by atoms with Crippen molar-refractivity contribution in [2.45, 2.75) is 5.92 Å². The number of rotatable bonds is 4. The molecule has 4 rings (SSSR count). The minimum Gasteiger partial charge on any atom is -0.301 e. The Kier molecular flexibility index (Phi) is 4.69. The summed E-state index contributed by atoms with van der Waals surface area (Å²) in [6, 6.07) is 25.0. The van der Waals surface area contributed by atoms with Crippen LogP contribution in [0.5, 0.6) is 0 Å². The first-order chi connectivity index (χ1) is 12.7. The van der Waals surface area contributed by atoms with Gasteiger partial charge in [0.15, 0.2) is 5.13 Å². The predicted octanol–water partition coefficient (Wildman–Crippen LogP) is 5.72. The first kappa shape index (κ1) is 16.8. The van der Waals surface area contributed by atoms with Gasteiger partial charge in [-0.05, 0) is 29.3 Å². The van der Waals surface area contributed by atoms with E-state index in [0.717, 1.165) is 21.3 Å². The number of carbonyl (C=O) groups is 1. The Bertz CT molecular complexity index is 1010. The van der Waals surface area contributed by atoms with Crippen LogP contribution >= 0.6 is 22.9 Å². The van der Waals surface area contributed by atoms with Crippen LogP contribution in [0.25, 0.3) is 10.2 Å².